The summed E-state index contributed by atoms with van der Waals surface area (Å²) in [6.45, 7) is 8.16. The Labute approximate surface area is 168 Å². The summed E-state index contributed by atoms with van der Waals surface area (Å²) >= 11 is 0. The summed E-state index contributed by atoms with van der Waals surface area (Å²) in [4.78, 5) is 26.5. The van der Waals surface area contributed by atoms with Gasteiger partial charge >= 0.3 is 0 Å². The SMILES string of the molecule is CCN(CC)CCNC(=O)c1ccc(CNC(=O)CCc2ccccc2)cc1. The van der Waals surface area contributed by atoms with Gasteiger partial charge in [0.15, 0.2) is 0 Å². The first-order valence-corrected chi connectivity index (χ1v) is 10.0. The molecule has 0 atom stereocenters. The Balaban J connectivity index is 1.71. The van der Waals surface area contributed by atoms with E-state index in [9.17, 15) is 9.59 Å². The van der Waals surface area contributed by atoms with Gasteiger partial charge in [-0.2, -0.15) is 0 Å². The standard InChI is InChI=1S/C23H31N3O2/c1-3-26(4-2)17-16-24-23(28)21-13-10-20(11-14-21)18-25-22(27)15-12-19-8-6-5-7-9-19/h5-11,13-14H,3-4,12,15-18H2,1-2H3,(H,24,28)(H,25,27). The molecule has 150 valence electrons. The van der Waals surface area contributed by atoms with E-state index in [2.05, 4.69) is 29.4 Å². The van der Waals surface area contributed by atoms with Gasteiger partial charge in [-0.1, -0.05) is 56.3 Å². The summed E-state index contributed by atoms with van der Waals surface area (Å²) in [6.07, 6.45) is 1.20. The molecule has 28 heavy (non-hydrogen) atoms. The van der Waals surface area contributed by atoms with Crippen molar-refractivity contribution in [3.8, 4) is 0 Å². The van der Waals surface area contributed by atoms with Gasteiger partial charge in [0.2, 0.25) is 5.91 Å². The Morgan fingerprint density at radius 2 is 1.54 bits per heavy atom. The summed E-state index contributed by atoms with van der Waals surface area (Å²) in [6, 6.07) is 17.4. The molecule has 2 aromatic carbocycles. The molecule has 0 unspecified atom stereocenters. The van der Waals surface area contributed by atoms with E-state index < -0.39 is 0 Å². The third-order valence-corrected chi connectivity index (χ3v) is 4.80. The van der Waals surface area contributed by atoms with Gasteiger partial charge in [-0.15, -0.1) is 0 Å². The van der Waals surface area contributed by atoms with E-state index in [0.717, 1.165) is 37.2 Å². The van der Waals surface area contributed by atoms with Gasteiger partial charge in [-0.25, -0.2) is 0 Å². The molecule has 0 aliphatic heterocycles. The zero-order valence-corrected chi connectivity index (χ0v) is 16.9. The Kier molecular flexibility index (Phi) is 9.22. The fourth-order valence-electron chi connectivity index (χ4n) is 2.93. The minimum atomic E-state index is -0.0643. The number of amides is 2. The van der Waals surface area contributed by atoms with Crippen molar-refractivity contribution in [3.05, 3.63) is 71.3 Å². The van der Waals surface area contributed by atoms with Gasteiger partial charge in [0.1, 0.15) is 0 Å². The highest BCUT2D eigenvalue weighted by Crippen LogP contribution is 2.06. The highest BCUT2D eigenvalue weighted by Gasteiger charge is 2.07. The van der Waals surface area contributed by atoms with Crippen LogP contribution < -0.4 is 10.6 Å². The number of carbonyl (C=O) groups excluding carboxylic acids is 2. The van der Waals surface area contributed by atoms with Crippen LogP contribution in [0.15, 0.2) is 54.6 Å². The summed E-state index contributed by atoms with van der Waals surface area (Å²) in [7, 11) is 0. The zero-order chi connectivity index (χ0) is 20.2. The van der Waals surface area contributed by atoms with Gasteiger partial charge in [0, 0.05) is 31.6 Å². The molecule has 0 aliphatic rings. The lowest BCUT2D eigenvalue weighted by atomic mass is 10.1. The van der Waals surface area contributed by atoms with Crippen molar-refractivity contribution in [2.45, 2.75) is 33.2 Å². The monoisotopic (exact) mass is 381 g/mol. The number of benzene rings is 2. The van der Waals surface area contributed by atoms with E-state index in [0.29, 0.717) is 25.1 Å². The number of rotatable bonds is 11. The quantitative estimate of drug-likeness (QED) is 0.629. The fraction of sp³-hybridized carbons (Fsp3) is 0.391. The van der Waals surface area contributed by atoms with Gasteiger partial charge in [0.05, 0.1) is 0 Å². The largest absolute Gasteiger partial charge is 0.352 e. The van der Waals surface area contributed by atoms with Crippen LogP contribution in [0.5, 0.6) is 0 Å². The predicted molar refractivity (Wildman–Crippen MR) is 113 cm³/mol. The Hall–Kier alpha value is -2.66. The summed E-state index contributed by atoms with van der Waals surface area (Å²) in [5, 5.41) is 5.88. The molecule has 0 spiro atoms. The van der Waals surface area contributed by atoms with Crippen LogP contribution in [0.3, 0.4) is 0 Å². The molecule has 2 rings (SSSR count). The lowest BCUT2D eigenvalue weighted by Crippen LogP contribution is -2.34. The summed E-state index contributed by atoms with van der Waals surface area (Å²) in [5.41, 5.74) is 2.78. The molecule has 0 radical (unpaired) electrons. The second kappa shape index (κ2) is 11.9. The normalized spacial score (nSPS) is 10.7. The molecule has 0 aromatic heterocycles. The minimum absolute atomic E-state index is 0.0297. The van der Waals surface area contributed by atoms with Gasteiger partial charge in [-0.05, 0) is 42.8 Å². The maximum atomic E-state index is 12.2. The third kappa shape index (κ3) is 7.53. The molecule has 0 saturated heterocycles. The van der Waals surface area contributed by atoms with E-state index in [1.807, 2.05) is 42.5 Å². The van der Waals surface area contributed by atoms with E-state index in [1.165, 1.54) is 0 Å². The second-order valence-electron chi connectivity index (χ2n) is 6.74. The van der Waals surface area contributed by atoms with Crippen LogP contribution in [0.25, 0.3) is 0 Å². The van der Waals surface area contributed by atoms with Crippen LogP contribution in [-0.2, 0) is 17.8 Å². The molecule has 0 saturated carbocycles. The fourth-order valence-corrected chi connectivity index (χ4v) is 2.93. The molecule has 0 heterocycles. The lowest BCUT2D eigenvalue weighted by molar-refractivity contribution is -0.121. The summed E-state index contributed by atoms with van der Waals surface area (Å²) in [5.74, 6) is -0.0346. The molecule has 0 fully saturated rings. The van der Waals surface area contributed by atoms with Crippen molar-refractivity contribution >= 4 is 11.8 Å². The lowest BCUT2D eigenvalue weighted by Gasteiger charge is -2.17. The van der Waals surface area contributed by atoms with Crippen LogP contribution in [0, 0.1) is 0 Å². The van der Waals surface area contributed by atoms with Crippen molar-refractivity contribution < 1.29 is 9.59 Å². The molecule has 0 bridgehead atoms. The highest BCUT2D eigenvalue weighted by atomic mass is 16.2. The van der Waals surface area contributed by atoms with Gasteiger partial charge in [0.25, 0.3) is 5.91 Å². The number of hydrogen-bond acceptors (Lipinski definition) is 3. The zero-order valence-electron chi connectivity index (χ0n) is 16.9. The first kappa shape index (κ1) is 21.6. The number of likely N-dealkylation sites (N-methyl/N-ethyl adjacent to an activating group) is 1. The van der Waals surface area contributed by atoms with Crippen LogP contribution >= 0.6 is 0 Å². The maximum Gasteiger partial charge on any atom is 0.251 e. The second-order valence-corrected chi connectivity index (χ2v) is 6.74. The van der Waals surface area contributed by atoms with Crippen molar-refractivity contribution in [2.24, 2.45) is 0 Å². The van der Waals surface area contributed by atoms with Crippen LogP contribution in [0.2, 0.25) is 0 Å². The van der Waals surface area contributed by atoms with Gasteiger partial charge in [-0.3, -0.25) is 9.59 Å². The minimum Gasteiger partial charge on any atom is -0.352 e. The average molecular weight is 382 g/mol. The molecule has 2 aromatic rings. The van der Waals surface area contributed by atoms with Crippen molar-refractivity contribution in [3.63, 3.8) is 0 Å². The predicted octanol–water partition coefficient (Wildman–Crippen LogP) is 3.01. The first-order valence-electron chi connectivity index (χ1n) is 10.0. The van der Waals surface area contributed by atoms with Crippen molar-refractivity contribution in [1.29, 1.82) is 0 Å². The number of aryl methyl sites for hydroxylation is 1. The number of carbonyl (C=O) groups is 2. The Morgan fingerprint density at radius 3 is 2.18 bits per heavy atom. The Bertz CT molecular complexity index is 725. The Morgan fingerprint density at radius 1 is 0.857 bits per heavy atom. The molecule has 2 N–H and O–H groups in total. The first-order chi connectivity index (χ1) is 13.6. The smallest absolute Gasteiger partial charge is 0.251 e. The maximum absolute atomic E-state index is 12.2. The topological polar surface area (TPSA) is 61.4 Å². The average Bonchev–Trinajstić information content (AvgIpc) is 2.74. The van der Waals surface area contributed by atoms with E-state index >= 15 is 0 Å². The molecular formula is C23H31N3O2. The number of nitrogens with one attached hydrogen (secondary N) is 2. The molecule has 2 amide bonds. The van der Waals surface area contributed by atoms with Crippen LogP contribution in [-0.4, -0.2) is 42.9 Å². The van der Waals surface area contributed by atoms with E-state index in [-0.39, 0.29) is 11.8 Å². The molecular weight excluding hydrogens is 350 g/mol. The number of nitrogens with zero attached hydrogens (tertiary/aromatic N) is 1. The number of hydrogen-bond donors (Lipinski definition) is 2. The van der Waals surface area contributed by atoms with E-state index in [1.54, 1.807) is 12.1 Å². The van der Waals surface area contributed by atoms with Gasteiger partial charge < -0.3 is 15.5 Å². The van der Waals surface area contributed by atoms with Crippen molar-refractivity contribution in [2.75, 3.05) is 26.2 Å². The highest BCUT2D eigenvalue weighted by molar-refractivity contribution is 5.94. The summed E-state index contributed by atoms with van der Waals surface area (Å²) < 4.78 is 0. The van der Waals surface area contributed by atoms with Crippen molar-refractivity contribution in [1.82, 2.24) is 15.5 Å². The third-order valence-electron chi connectivity index (χ3n) is 4.80. The van der Waals surface area contributed by atoms with Crippen LogP contribution in [0.1, 0.15) is 41.8 Å². The van der Waals surface area contributed by atoms with E-state index in [4.69, 9.17) is 0 Å². The van der Waals surface area contributed by atoms with Crippen LogP contribution in [0.4, 0.5) is 0 Å². The molecule has 5 heteroatoms. The molecule has 0 aliphatic carbocycles. The molecule has 5 nitrogen and oxygen atoms in total.